The topological polar surface area (TPSA) is 43.7 Å². The predicted molar refractivity (Wildman–Crippen MR) is 96.8 cm³/mol. The van der Waals surface area contributed by atoms with Crippen LogP contribution in [0.15, 0.2) is 12.2 Å². The minimum absolute atomic E-state index is 0.0809. The smallest absolute Gasteiger partial charge is 0.0814 e. The van der Waals surface area contributed by atoms with Gasteiger partial charge in [0.2, 0.25) is 0 Å². The van der Waals surface area contributed by atoms with Crippen molar-refractivity contribution in [3.63, 3.8) is 0 Å². The average Bonchev–Trinajstić information content (AvgIpc) is 2.99. The molecular weight excluding hydrogens is 310 g/mol. The highest BCUT2D eigenvalue weighted by molar-refractivity contribution is 5.38. The molecule has 0 amide bonds. The lowest BCUT2D eigenvalue weighted by Crippen LogP contribution is -2.69. The van der Waals surface area contributed by atoms with Crippen molar-refractivity contribution in [2.75, 3.05) is 13.1 Å². The van der Waals surface area contributed by atoms with Crippen LogP contribution in [0.25, 0.3) is 0 Å². The molecule has 6 unspecified atom stereocenters. The Labute approximate surface area is 151 Å². The Morgan fingerprint density at radius 3 is 2.76 bits per heavy atom. The number of hydrogen-bond acceptors (Lipinski definition) is 3. The summed E-state index contributed by atoms with van der Waals surface area (Å²) >= 11 is 0. The van der Waals surface area contributed by atoms with E-state index in [1.165, 1.54) is 32.2 Å². The summed E-state index contributed by atoms with van der Waals surface area (Å²) in [6.07, 6.45) is 6.75. The van der Waals surface area contributed by atoms with Crippen LogP contribution < -0.4 is 0 Å². The van der Waals surface area contributed by atoms with Gasteiger partial charge in [-0.3, -0.25) is 4.90 Å². The van der Waals surface area contributed by atoms with Gasteiger partial charge in [-0.25, -0.2) is 0 Å². The molecule has 6 saturated carbocycles. The molecule has 7 fully saturated rings. The maximum absolute atomic E-state index is 11.5. The molecule has 2 N–H and O–H groups in total. The summed E-state index contributed by atoms with van der Waals surface area (Å²) in [6.45, 7) is 11.5. The van der Waals surface area contributed by atoms with Crippen molar-refractivity contribution >= 4 is 0 Å². The van der Waals surface area contributed by atoms with Gasteiger partial charge in [0.25, 0.3) is 0 Å². The Hall–Kier alpha value is -0.380. The average molecular weight is 344 g/mol. The highest BCUT2D eigenvalue weighted by Crippen LogP contribution is 2.83. The maximum atomic E-state index is 11.5. The molecule has 2 spiro atoms. The fraction of sp³-hybridized carbons (Fsp3) is 0.909. The molecule has 7 rings (SSSR count). The number of likely N-dealkylation sites (tertiary alicyclic amines) is 1. The van der Waals surface area contributed by atoms with Gasteiger partial charge >= 0.3 is 0 Å². The van der Waals surface area contributed by atoms with Crippen LogP contribution in [0.5, 0.6) is 0 Å². The van der Waals surface area contributed by atoms with Crippen LogP contribution in [0.1, 0.15) is 52.4 Å². The number of aliphatic hydroxyl groups excluding tert-OH is 2. The lowest BCUT2D eigenvalue weighted by Gasteiger charge is -2.68. The summed E-state index contributed by atoms with van der Waals surface area (Å²) < 4.78 is 0. The molecule has 10 atom stereocenters. The van der Waals surface area contributed by atoms with E-state index in [2.05, 4.69) is 25.3 Å². The Bertz CT molecular complexity index is 662. The normalized spacial score (nSPS) is 64.6. The molecule has 7 bridgehead atoms. The first kappa shape index (κ1) is 15.7. The van der Waals surface area contributed by atoms with Gasteiger partial charge in [-0.1, -0.05) is 26.8 Å². The third-order valence-corrected chi connectivity index (χ3v) is 10.5. The molecule has 7 aliphatic rings. The second-order valence-corrected chi connectivity index (χ2v) is 10.7. The van der Waals surface area contributed by atoms with Gasteiger partial charge < -0.3 is 10.2 Å². The van der Waals surface area contributed by atoms with E-state index in [1.807, 2.05) is 0 Å². The zero-order valence-electron chi connectivity index (χ0n) is 15.7. The van der Waals surface area contributed by atoms with Gasteiger partial charge in [0.1, 0.15) is 0 Å². The molecule has 1 heterocycles. The molecule has 0 aromatic heterocycles. The van der Waals surface area contributed by atoms with Crippen molar-refractivity contribution in [1.29, 1.82) is 0 Å². The van der Waals surface area contributed by atoms with Crippen LogP contribution in [0.4, 0.5) is 0 Å². The number of aliphatic hydroxyl groups is 2. The van der Waals surface area contributed by atoms with E-state index in [9.17, 15) is 10.2 Å². The Morgan fingerprint density at radius 1 is 1.20 bits per heavy atom. The number of rotatable bonds is 1. The van der Waals surface area contributed by atoms with E-state index in [1.54, 1.807) is 0 Å². The van der Waals surface area contributed by atoms with Gasteiger partial charge in [-0.2, -0.15) is 0 Å². The number of nitrogens with zero attached hydrogens (tertiary/aromatic N) is 1. The molecule has 3 heteroatoms. The molecule has 3 nitrogen and oxygen atoms in total. The quantitative estimate of drug-likeness (QED) is 0.720. The highest BCUT2D eigenvalue weighted by atomic mass is 16.3. The summed E-state index contributed by atoms with van der Waals surface area (Å²) in [7, 11) is 0. The Balaban J connectivity index is 1.60. The first-order chi connectivity index (χ1) is 11.9. The highest BCUT2D eigenvalue weighted by Gasteiger charge is 2.84. The van der Waals surface area contributed by atoms with Crippen LogP contribution in [-0.2, 0) is 0 Å². The largest absolute Gasteiger partial charge is 0.392 e. The molecule has 1 saturated heterocycles. The van der Waals surface area contributed by atoms with Crippen molar-refractivity contribution in [2.24, 2.45) is 39.9 Å². The van der Waals surface area contributed by atoms with Crippen molar-refractivity contribution in [3.8, 4) is 0 Å². The van der Waals surface area contributed by atoms with Crippen molar-refractivity contribution < 1.29 is 10.2 Å². The Kier molecular flexibility index (Phi) is 2.73. The lowest BCUT2D eigenvalue weighted by atomic mass is 9.39. The monoisotopic (exact) mass is 343 g/mol. The third kappa shape index (κ3) is 1.34. The second kappa shape index (κ2) is 4.36. The fourth-order valence-corrected chi connectivity index (χ4v) is 10.1. The van der Waals surface area contributed by atoms with Crippen LogP contribution in [-0.4, -0.2) is 46.5 Å². The van der Waals surface area contributed by atoms with Crippen LogP contribution in [0.3, 0.4) is 0 Å². The number of piperidine rings is 1. The van der Waals surface area contributed by atoms with Gasteiger partial charge in [0, 0.05) is 29.8 Å². The molecule has 0 radical (unpaired) electrons. The summed E-state index contributed by atoms with van der Waals surface area (Å²) in [4.78, 5) is 2.77. The molecule has 0 aromatic carbocycles. The van der Waals surface area contributed by atoms with Crippen molar-refractivity contribution in [2.45, 2.75) is 70.6 Å². The molecule has 0 aromatic rings. The van der Waals surface area contributed by atoms with E-state index in [4.69, 9.17) is 0 Å². The zero-order valence-corrected chi connectivity index (χ0v) is 15.7. The van der Waals surface area contributed by atoms with Crippen molar-refractivity contribution in [1.82, 2.24) is 4.90 Å². The first-order valence-corrected chi connectivity index (χ1v) is 10.7. The molecule has 138 valence electrons. The SMILES string of the molecule is C=C1C2CCC3(C4C[C@H]5C6(CCC[C@@]5(C)CN(CC)C46)C3[C@H]2O)[C@@H]1O. The number of hydrogen-bond donors (Lipinski definition) is 2. The predicted octanol–water partition coefficient (Wildman–Crippen LogP) is 2.82. The minimum atomic E-state index is -0.377. The summed E-state index contributed by atoms with van der Waals surface area (Å²) in [6, 6.07) is 0.592. The van der Waals surface area contributed by atoms with Crippen LogP contribution in [0, 0.1) is 39.9 Å². The standard InChI is InChI=1S/C22H33NO2/c1-4-23-11-20(3)7-5-8-22-15(20)10-14(18(22)23)21-9-6-13(12(2)19(21)25)16(24)17(21)22/h13-19,24-25H,2,4-11H2,1,3H3/t13?,14?,15-,16+,17?,18?,19-,20+,21?,22?/m1/s1. The molecular formula is C22H33NO2. The van der Waals surface area contributed by atoms with E-state index in [0.717, 1.165) is 30.9 Å². The van der Waals surface area contributed by atoms with E-state index >= 15 is 0 Å². The van der Waals surface area contributed by atoms with Gasteiger partial charge in [0.05, 0.1) is 12.2 Å². The van der Waals surface area contributed by atoms with Gasteiger partial charge in [0.15, 0.2) is 0 Å². The molecule has 25 heavy (non-hydrogen) atoms. The number of fused-ring (bicyclic) bond motifs is 2. The van der Waals surface area contributed by atoms with Crippen molar-refractivity contribution in [3.05, 3.63) is 12.2 Å². The van der Waals surface area contributed by atoms with E-state index in [0.29, 0.717) is 23.3 Å². The van der Waals surface area contributed by atoms with Gasteiger partial charge in [-0.05, 0) is 66.9 Å². The lowest BCUT2D eigenvalue weighted by molar-refractivity contribution is -0.227. The summed E-state index contributed by atoms with van der Waals surface area (Å²) in [5.74, 6) is 1.77. The molecule has 1 aliphatic heterocycles. The van der Waals surface area contributed by atoms with Gasteiger partial charge in [-0.15, -0.1) is 0 Å². The Morgan fingerprint density at radius 2 is 2.00 bits per heavy atom. The first-order valence-electron chi connectivity index (χ1n) is 10.7. The fourth-order valence-electron chi connectivity index (χ4n) is 10.1. The second-order valence-electron chi connectivity index (χ2n) is 10.7. The zero-order chi connectivity index (χ0) is 17.4. The minimum Gasteiger partial charge on any atom is -0.392 e. The van der Waals surface area contributed by atoms with Crippen LogP contribution >= 0.6 is 0 Å². The maximum Gasteiger partial charge on any atom is 0.0814 e. The third-order valence-electron chi connectivity index (χ3n) is 10.5. The van der Waals surface area contributed by atoms with Crippen LogP contribution in [0.2, 0.25) is 0 Å². The summed E-state index contributed by atoms with van der Waals surface area (Å²) in [5.41, 5.74) is 1.54. The molecule has 6 aliphatic carbocycles. The van der Waals surface area contributed by atoms with E-state index in [-0.39, 0.29) is 29.0 Å². The summed E-state index contributed by atoms with van der Waals surface area (Å²) in [5, 5.41) is 22.9. The van der Waals surface area contributed by atoms with E-state index < -0.39 is 0 Å².